The lowest BCUT2D eigenvalue weighted by Gasteiger charge is -2.20. The molecule has 4 nitrogen and oxygen atoms in total. The first-order valence-electron chi connectivity index (χ1n) is 9.43. The molecule has 0 saturated heterocycles. The average Bonchev–Trinajstić information content (AvgIpc) is 3.06. The number of nitrogens with one attached hydrogen (secondary N) is 1. The number of benzene rings is 1. The van der Waals surface area contributed by atoms with Gasteiger partial charge >= 0.3 is 5.97 Å². The molecule has 1 fully saturated rings. The molecule has 1 aromatic carbocycles. The summed E-state index contributed by atoms with van der Waals surface area (Å²) in [7, 11) is 0. The Morgan fingerprint density at radius 3 is 2.56 bits per heavy atom. The van der Waals surface area contributed by atoms with Crippen molar-refractivity contribution < 1.29 is 14.3 Å². The number of thiophene rings is 1. The van der Waals surface area contributed by atoms with E-state index in [1.165, 1.54) is 30.6 Å². The number of hydrogen-bond acceptors (Lipinski definition) is 4. The van der Waals surface area contributed by atoms with Crippen LogP contribution < -0.4 is 5.32 Å². The van der Waals surface area contributed by atoms with Crippen LogP contribution in [0.4, 0.5) is 5.00 Å². The van der Waals surface area contributed by atoms with Crippen molar-refractivity contribution in [2.75, 3.05) is 11.9 Å². The maximum absolute atomic E-state index is 12.6. The van der Waals surface area contributed by atoms with Gasteiger partial charge in [-0.3, -0.25) is 4.79 Å². The number of anilines is 1. The second-order valence-electron chi connectivity index (χ2n) is 6.84. The number of halogens is 1. The molecule has 1 N–H and O–H groups in total. The van der Waals surface area contributed by atoms with Crippen LogP contribution in [0.1, 0.15) is 55.8 Å². The molecule has 144 valence electrons. The first-order valence-corrected chi connectivity index (χ1v) is 10.7. The lowest BCUT2D eigenvalue weighted by molar-refractivity contribution is -0.117. The summed E-state index contributed by atoms with van der Waals surface area (Å²) in [5, 5.41) is 6.02. The number of amides is 1. The van der Waals surface area contributed by atoms with Gasteiger partial charge in [0, 0.05) is 22.4 Å². The molecular formula is C21H24ClNO3S. The summed E-state index contributed by atoms with van der Waals surface area (Å²) < 4.78 is 5.23. The molecule has 1 saturated carbocycles. The Labute approximate surface area is 168 Å². The molecule has 0 unspecified atom stereocenters. The predicted molar refractivity (Wildman–Crippen MR) is 111 cm³/mol. The van der Waals surface area contributed by atoms with Gasteiger partial charge in [0.25, 0.3) is 0 Å². The van der Waals surface area contributed by atoms with Gasteiger partial charge in [-0.2, -0.15) is 0 Å². The standard InChI is InChI=1S/C21H24ClNO3S/c1-2-26-21(25)19-17(15-8-10-16(22)11-9-15)13-27-20(19)23-18(24)12-14-6-4-3-5-7-14/h8-11,13-14H,2-7,12H2,1H3,(H,23,24). The Morgan fingerprint density at radius 1 is 1.19 bits per heavy atom. The first-order chi connectivity index (χ1) is 13.1. The van der Waals surface area contributed by atoms with Crippen LogP contribution in [0.25, 0.3) is 11.1 Å². The monoisotopic (exact) mass is 405 g/mol. The lowest BCUT2D eigenvalue weighted by Crippen LogP contribution is -2.19. The van der Waals surface area contributed by atoms with E-state index >= 15 is 0 Å². The van der Waals surface area contributed by atoms with E-state index in [9.17, 15) is 9.59 Å². The summed E-state index contributed by atoms with van der Waals surface area (Å²) in [5.74, 6) is -0.00545. The van der Waals surface area contributed by atoms with E-state index in [0.717, 1.165) is 24.0 Å². The zero-order valence-electron chi connectivity index (χ0n) is 15.4. The summed E-state index contributed by atoms with van der Waals surface area (Å²) in [6.07, 6.45) is 6.39. The van der Waals surface area contributed by atoms with Gasteiger partial charge in [0.05, 0.1) is 6.61 Å². The highest BCUT2D eigenvalue weighted by Gasteiger charge is 2.24. The number of hydrogen-bond donors (Lipinski definition) is 1. The number of carbonyl (C=O) groups is 2. The van der Waals surface area contributed by atoms with E-state index in [2.05, 4.69) is 5.32 Å². The molecule has 0 aliphatic heterocycles. The normalized spacial score (nSPS) is 14.7. The van der Waals surface area contributed by atoms with Crippen molar-refractivity contribution in [3.05, 3.63) is 40.2 Å². The third kappa shape index (κ3) is 5.11. The number of rotatable bonds is 6. The molecule has 1 aliphatic carbocycles. The third-order valence-electron chi connectivity index (χ3n) is 4.88. The van der Waals surface area contributed by atoms with Crippen molar-refractivity contribution in [1.29, 1.82) is 0 Å². The van der Waals surface area contributed by atoms with Crippen molar-refractivity contribution in [3.63, 3.8) is 0 Å². The molecule has 0 spiro atoms. The highest BCUT2D eigenvalue weighted by atomic mass is 35.5. The van der Waals surface area contributed by atoms with Gasteiger partial charge in [-0.25, -0.2) is 4.79 Å². The number of ether oxygens (including phenoxy) is 1. The van der Waals surface area contributed by atoms with Crippen LogP contribution in [0, 0.1) is 5.92 Å². The number of esters is 1. The lowest BCUT2D eigenvalue weighted by atomic mass is 9.87. The largest absolute Gasteiger partial charge is 0.462 e. The number of carbonyl (C=O) groups excluding carboxylic acids is 2. The molecule has 0 atom stereocenters. The van der Waals surface area contributed by atoms with E-state index in [0.29, 0.717) is 27.9 Å². The van der Waals surface area contributed by atoms with Gasteiger partial charge in [0.2, 0.25) is 5.91 Å². The predicted octanol–water partition coefficient (Wildman–Crippen LogP) is 6.15. The second kappa shape index (κ2) is 9.38. The maximum atomic E-state index is 12.6. The van der Waals surface area contributed by atoms with E-state index in [4.69, 9.17) is 16.3 Å². The van der Waals surface area contributed by atoms with Crippen LogP contribution in [0.3, 0.4) is 0 Å². The van der Waals surface area contributed by atoms with Crippen LogP contribution in [0.15, 0.2) is 29.6 Å². The van der Waals surface area contributed by atoms with Crippen molar-refractivity contribution in [1.82, 2.24) is 0 Å². The average molecular weight is 406 g/mol. The zero-order valence-corrected chi connectivity index (χ0v) is 17.0. The van der Waals surface area contributed by atoms with Crippen LogP contribution >= 0.6 is 22.9 Å². The Kier molecular flexibility index (Phi) is 6.91. The fourth-order valence-corrected chi connectivity index (χ4v) is 4.63. The van der Waals surface area contributed by atoms with E-state index in [1.807, 2.05) is 17.5 Å². The topological polar surface area (TPSA) is 55.4 Å². The molecular weight excluding hydrogens is 382 g/mol. The summed E-state index contributed by atoms with van der Waals surface area (Å²) in [6.45, 7) is 2.05. The Morgan fingerprint density at radius 2 is 1.89 bits per heavy atom. The molecule has 6 heteroatoms. The molecule has 1 heterocycles. The molecule has 27 heavy (non-hydrogen) atoms. The maximum Gasteiger partial charge on any atom is 0.341 e. The molecule has 3 rings (SSSR count). The van der Waals surface area contributed by atoms with E-state index in [-0.39, 0.29) is 12.5 Å². The molecule has 0 radical (unpaired) electrons. The smallest absolute Gasteiger partial charge is 0.341 e. The van der Waals surface area contributed by atoms with Crippen LogP contribution in [0.5, 0.6) is 0 Å². The fraction of sp³-hybridized carbons (Fsp3) is 0.429. The van der Waals surface area contributed by atoms with Crippen molar-refractivity contribution in [2.45, 2.75) is 45.4 Å². The summed E-state index contributed by atoms with van der Waals surface area (Å²) in [5.41, 5.74) is 2.04. The zero-order chi connectivity index (χ0) is 19.2. The third-order valence-corrected chi connectivity index (χ3v) is 6.02. The van der Waals surface area contributed by atoms with Crippen molar-refractivity contribution >= 4 is 39.8 Å². The fourth-order valence-electron chi connectivity index (χ4n) is 3.53. The highest BCUT2D eigenvalue weighted by molar-refractivity contribution is 7.15. The van der Waals surface area contributed by atoms with E-state index < -0.39 is 5.97 Å². The minimum absolute atomic E-state index is 0.0306. The Bertz CT molecular complexity index is 794. The minimum Gasteiger partial charge on any atom is -0.462 e. The highest BCUT2D eigenvalue weighted by Crippen LogP contribution is 2.37. The van der Waals surface area contributed by atoms with Gasteiger partial charge < -0.3 is 10.1 Å². The van der Waals surface area contributed by atoms with Gasteiger partial charge in [-0.1, -0.05) is 43.0 Å². The Hall–Kier alpha value is -1.85. The van der Waals surface area contributed by atoms with Gasteiger partial charge in [-0.15, -0.1) is 11.3 Å². The summed E-state index contributed by atoms with van der Waals surface area (Å²) in [4.78, 5) is 25.1. The van der Waals surface area contributed by atoms with Crippen LogP contribution in [0.2, 0.25) is 5.02 Å². The quantitative estimate of drug-likeness (QED) is 0.586. The molecule has 2 aromatic rings. The van der Waals surface area contributed by atoms with Gasteiger partial charge in [0.15, 0.2) is 0 Å². The van der Waals surface area contributed by atoms with Gasteiger partial charge in [-0.05, 0) is 43.4 Å². The van der Waals surface area contributed by atoms with Crippen LogP contribution in [-0.4, -0.2) is 18.5 Å². The van der Waals surface area contributed by atoms with Crippen molar-refractivity contribution in [3.8, 4) is 11.1 Å². The summed E-state index contributed by atoms with van der Waals surface area (Å²) >= 11 is 7.33. The SMILES string of the molecule is CCOC(=O)c1c(-c2ccc(Cl)cc2)csc1NC(=O)CC1CCCCC1. The van der Waals surface area contributed by atoms with Gasteiger partial charge in [0.1, 0.15) is 10.6 Å². The summed E-state index contributed by atoms with van der Waals surface area (Å²) in [6, 6.07) is 7.29. The first kappa shape index (κ1) is 19.9. The molecule has 0 bridgehead atoms. The Balaban J connectivity index is 1.82. The van der Waals surface area contributed by atoms with Crippen molar-refractivity contribution in [2.24, 2.45) is 5.92 Å². The van der Waals surface area contributed by atoms with Crippen LogP contribution in [-0.2, 0) is 9.53 Å². The molecule has 1 aliphatic rings. The second-order valence-corrected chi connectivity index (χ2v) is 8.15. The molecule has 1 aromatic heterocycles. The minimum atomic E-state index is -0.420. The molecule has 1 amide bonds. The van der Waals surface area contributed by atoms with E-state index in [1.54, 1.807) is 19.1 Å².